The maximum absolute atomic E-state index is 13.8. The Labute approximate surface area is 111 Å². The van der Waals surface area contributed by atoms with Crippen molar-refractivity contribution in [1.29, 1.82) is 5.26 Å². The molecule has 1 rings (SSSR count). The van der Waals surface area contributed by atoms with Crippen LogP contribution in [-0.2, 0) is 0 Å². The molecule has 0 radical (unpaired) electrons. The predicted molar refractivity (Wildman–Crippen MR) is 67.6 cm³/mol. The topological polar surface area (TPSA) is 64.3 Å². The fourth-order valence-electron chi connectivity index (χ4n) is 1.43. The minimum atomic E-state index is -0.668. The van der Waals surface area contributed by atoms with Gasteiger partial charge in [-0.05, 0) is 18.2 Å². The maximum Gasteiger partial charge on any atom is 0.256 e. The highest BCUT2D eigenvalue weighted by molar-refractivity contribution is 5.94. The van der Waals surface area contributed by atoms with Crippen LogP contribution in [0.2, 0.25) is 0 Å². The van der Waals surface area contributed by atoms with Crippen LogP contribution < -0.4 is 0 Å². The first-order valence-electron chi connectivity index (χ1n) is 5.62. The average Bonchev–Trinajstić information content (AvgIpc) is 2.41. The summed E-state index contributed by atoms with van der Waals surface area (Å²) >= 11 is 0. The molecule has 0 fully saturated rings. The molecule has 0 aliphatic heterocycles. The Morgan fingerprint density at radius 3 is 2.84 bits per heavy atom. The Balaban J connectivity index is 2.90. The van der Waals surface area contributed by atoms with Gasteiger partial charge in [0.1, 0.15) is 12.4 Å². The molecule has 1 N–H and O–H groups in total. The zero-order valence-corrected chi connectivity index (χ0v) is 10.5. The predicted octanol–water partition coefficient (Wildman–Crippen LogP) is 1.16. The van der Waals surface area contributed by atoms with Gasteiger partial charge in [0.05, 0.1) is 18.1 Å². The fraction of sp³-hybridized carbons (Fsp3) is 0.286. The van der Waals surface area contributed by atoms with Gasteiger partial charge >= 0.3 is 0 Å². The Morgan fingerprint density at radius 1 is 1.53 bits per heavy atom. The third-order valence-corrected chi connectivity index (χ3v) is 2.42. The number of aliphatic hydroxyl groups excluding tert-OH is 1. The number of benzene rings is 1. The van der Waals surface area contributed by atoms with Gasteiger partial charge in [-0.25, -0.2) is 4.39 Å². The van der Waals surface area contributed by atoms with Crippen molar-refractivity contribution in [2.75, 3.05) is 20.2 Å². The molecule has 5 heteroatoms. The molecule has 0 bridgehead atoms. The van der Waals surface area contributed by atoms with Crippen LogP contribution in [0.15, 0.2) is 18.2 Å². The lowest BCUT2D eigenvalue weighted by molar-refractivity contribution is 0.0793. The quantitative estimate of drug-likeness (QED) is 0.829. The lowest BCUT2D eigenvalue weighted by atomic mass is 10.1. The van der Waals surface area contributed by atoms with Gasteiger partial charge in [0.25, 0.3) is 5.91 Å². The van der Waals surface area contributed by atoms with E-state index in [1.54, 1.807) is 0 Å². The molecule has 1 amide bonds. The van der Waals surface area contributed by atoms with E-state index in [0.29, 0.717) is 5.56 Å². The molecule has 4 nitrogen and oxygen atoms in total. The molecule has 0 aromatic heterocycles. The molecule has 0 spiro atoms. The maximum atomic E-state index is 13.8. The molecule has 0 saturated carbocycles. The van der Waals surface area contributed by atoms with Crippen LogP contribution in [0.4, 0.5) is 4.39 Å². The molecule has 0 atom stereocenters. The molecule has 0 aliphatic rings. The van der Waals surface area contributed by atoms with Crippen molar-refractivity contribution < 1.29 is 14.3 Å². The number of nitriles is 1. The van der Waals surface area contributed by atoms with E-state index in [-0.39, 0.29) is 25.1 Å². The van der Waals surface area contributed by atoms with E-state index in [0.717, 1.165) is 6.07 Å². The van der Waals surface area contributed by atoms with Gasteiger partial charge in [-0.2, -0.15) is 5.26 Å². The summed E-state index contributed by atoms with van der Waals surface area (Å²) in [6.07, 6.45) is 0.198. The van der Waals surface area contributed by atoms with Crippen molar-refractivity contribution in [1.82, 2.24) is 4.90 Å². The molecule has 0 aliphatic carbocycles. The normalized spacial score (nSPS) is 9.16. The lowest BCUT2D eigenvalue weighted by Crippen LogP contribution is -2.28. The number of hydrogen-bond donors (Lipinski definition) is 1. The van der Waals surface area contributed by atoms with Crippen LogP contribution in [0.25, 0.3) is 0 Å². The van der Waals surface area contributed by atoms with Crippen molar-refractivity contribution in [2.45, 2.75) is 6.42 Å². The van der Waals surface area contributed by atoms with E-state index >= 15 is 0 Å². The molecule has 19 heavy (non-hydrogen) atoms. The van der Waals surface area contributed by atoms with Crippen molar-refractivity contribution in [3.8, 4) is 17.9 Å². The monoisotopic (exact) mass is 260 g/mol. The molecule has 98 valence electrons. The van der Waals surface area contributed by atoms with E-state index in [4.69, 9.17) is 10.4 Å². The smallest absolute Gasteiger partial charge is 0.256 e. The summed E-state index contributed by atoms with van der Waals surface area (Å²) in [4.78, 5) is 13.2. The van der Waals surface area contributed by atoms with Crippen LogP contribution in [0, 0.1) is 29.0 Å². The zero-order valence-electron chi connectivity index (χ0n) is 10.5. The van der Waals surface area contributed by atoms with Crippen LogP contribution in [0.3, 0.4) is 0 Å². The van der Waals surface area contributed by atoms with Crippen LogP contribution in [-0.4, -0.2) is 36.1 Å². The Hall–Kier alpha value is -2.37. The highest BCUT2D eigenvalue weighted by Crippen LogP contribution is 2.12. The second-order valence-electron chi connectivity index (χ2n) is 3.79. The van der Waals surface area contributed by atoms with Crippen molar-refractivity contribution in [2.24, 2.45) is 0 Å². The van der Waals surface area contributed by atoms with E-state index in [9.17, 15) is 9.18 Å². The largest absolute Gasteiger partial charge is 0.384 e. The number of aliphatic hydroxyl groups is 1. The summed E-state index contributed by atoms with van der Waals surface area (Å²) in [5.74, 6) is 3.81. The van der Waals surface area contributed by atoms with Gasteiger partial charge in [0.15, 0.2) is 0 Å². The average molecular weight is 260 g/mol. The Kier molecular flexibility index (Phi) is 5.53. The molecule has 1 aromatic rings. The number of carbonyl (C=O) groups is 1. The molecular weight excluding hydrogens is 247 g/mol. The van der Waals surface area contributed by atoms with Gasteiger partial charge in [-0.1, -0.05) is 11.8 Å². The first-order chi connectivity index (χ1) is 9.10. The van der Waals surface area contributed by atoms with E-state index in [1.165, 1.54) is 24.1 Å². The van der Waals surface area contributed by atoms with E-state index in [1.807, 2.05) is 6.07 Å². The van der Waals surface area contributed by atoms with Crippen molar-refractivity contribution >= 4 is 5.91 Å². The molecule has 0 saturated heterocycles. The number of rotatable bonds is 3. The van der Waals surface area contributed by atoms with E-state index in [2.05, 4.69) is 11.8 Å². The first-order valence-corrected chi connectivity index (χ1v) is 5.62. The van der Waals surface area contributed by atoms with Gasteiger partial charge in [0, 0.05) is 19.2 Å². The minimum Gasteiger partial charge on any atom is -0.384 e. The number of carbonyl (C=O) groups excluding carboxylic acids is 1. The SMILES string of the molecule is CN(CCC#N)C(=O)c1ccc(C#CCO)cc1F. The summed E-state index contributed by atoms with van der Waals surface area (Å²) in [5, 5.41) is 17.0. The first kappa shape index (κ1) is 14.7. The standard InChI is InChI=1S/C14H13FN2O2/c1-17(8-3-7-16)14(19)12-6-5-11(4-2-9-18)10-13(12)15/h5-6,10,18H,3,8-9H2,1H3. The summed E-state index contributed by atoms with van der Waals surface area (Å²) in [6.45, 7) is -0.0555. The number of halogens is 1. The number of nitrogens with zero attached hydrogens (tertiary/aromatic N) is 2. The Morgan fingerprint density at radius 2 is 2.26 bits per heavy atom. The van der Waals surface area contributed by atoms with Crippen molar-refractivity contribution in [3.63, 3.8) is 0 Å². The lowest BCUT2D eigenvalue weighted by Gasteiger charge is -2.15. The summed E-state index contributed by atoms with van der Waals surface area (Å²) in [6, 6.07) is 5.93. The minimum absolute atomic E-state index is 0.0602. The second kappa shape index (κ2) is 7.15. The molecular formula is C14H13FN2O2. The second-order valence-corrected chi connectivity index (χ2v) is 3.79. The highest BCUT2D eigenvalue weighted by atomic mass is 19.1. The number of amides is 1. The van der Waals surface area contributed by atoms with Crippen LogP contribution in [0.1, 0.15) is 22.3 Å². The highest BCUT2D eigenvalue weighted by Gasteiger charge is 2.15. The van der Waals surface area contributed by atoms with Crippen molar-refractivity contribution in [3.05, 3.63) is 35.1 Å². The van der Waals surface area contributed by atoms with Gasteiger partial charge in [-0.3, -0.25) is 4.79 Å². The van der Waals surface area contributed by atoms with Gasteiger partial charge in [-0.15, -0.1) is 0 Å². The third kappa shape index (κ3) is 4.09. The fourth-order valence-corrected chi connectivity index (χ4v) is 1.43. The zero-order chi connectivity index (χ0) is 14.3. The summed E-state index contributed by atoms with van der Waals surface area (Å²) in [5.41, 5.74) is 0.331. The molecule has 1 aromatic carbocycles. The summed E-state index contributed by atoms with van der Waals surface area (Å²) < 4.78 is 13.8. The van der Waals surface area contributed by atoms with Crippen LogP contribution >= 0.6 is 0 Å². The molecule has 0 heterocycles. The van der Waals surface area contributed by atoms with Gasteiger partial charge < -0.3 is 10.0 Å². The van der Waals surface area contributed by atoms with Gasteiger partial charge in [0.2, 0.25) is 0 Å². The summed E-state index contributed by atoms with van der Waals surface area (Å²) in [7, 11) is 1.51. The Bertz CT molecular complexity index is 567. The third-order valence-electron chi connectivity index (χ3n) is 2.42. The van der Waals surface area contributed by atoms with Crippen LogP contribution in [0.5, 0.6) is 0 Å². The molecule has 0 unspecified atom stereocenters. The van der Waals surface area contributed by atoms with E-state index < -0.39 is 11.7 Å². The number of hydrogen-bond acceptors (Lipinski definition) is 3.